The van der Waals surface area contributed by atoms with Crippen LogP contribution in [0.4, 0.5) is 5.13 Å². The van der Waals surface area contributed by atoms with E-state index in [0.717, 1.165) is 16.0 Å². The maximum absolute atomic E-state index is 12.3. The monoisotopic (exact) mass is 336 g/mol. The summed E-state index contributed by atoms with van der Waals surface area (Å²) in [5.74, 6) is 0.640. The van der Waals surface area contributed by atoms with Crippen LogP contribution in [0.1, 0.15) is 17.9 Å². The summed E-state index contributed by atoms with van der Waals surface area (Å²) in [4.78, 5) is 18.2. The molecule has 98 valence electrons. The lowest BCUT2D eigenvalue weighted by Crippen LogP contribution is -2.28. The van der Waals surface area contributed by atoms with Gasteiger partial charge in [-0.3, -0.25) is 9.69 Å². The Morgan fingerprint density at radius 3 is 2.79 bits per heavy atom. The minimum Gasteiger partial charge on any atom is -0.291 e. The van der Waals surface area contributed by atoms with Gasteiger partial charge in [-0.25, -0.2) is 4.98 Å². The van der Waals surface area contributed by atoms with Crippen LogP contribution < -0.4 is 4.90 Å². The molecule has 1 saturated carbocycles. The molecule has 2 atom stereocenters. The van der Waals surface area contributed by atoms with Crippen molar-refractivity contribution in [3.8, 4) is 0 Å². The second-order valence-corrected chi connectivity index (χ2v) is 6.50. The highest BCUT2D eigenvalue weighted by molar-refractivity contribution is 9.10. The SMILES string of the molecule is CN(C(=O)[C@H]1C[C@@H]1c1ccc(Br)cc1)c1nccs1. The van der Waals surface area contributed by atoms with E-state index in [4.69, 9.17) is 0 Å². The number of carbonyl (C=O) groups excluding carboxylic acids is 1. The van der Waals surface area contributed by atoms with E-state index in [0.29, 0.717) is 5.92 Å². The first-order chi connectivity index (χ1) is 9.16. The fourth-order valence-corrected chi connectivity index (χ4v) is 3.15. The quantitative estimate of drug-likeness (QED) is 0.856. The molecule has 0 spiro atoms. The molecule has 1 aromatic heterocycles. The standard InChI is InChI=1S/C14H13BrN2OS/c1-17(14-16-6-7-19-14)13(18)12-8-11(12)9-2-4-10(15)5-3-9/h2-7,11-12H,8H2,1H3/t11-,12+/m1/s1. The number of amides is 1. The molecule has 1 amide bonds. The molecule has 19 heavy (non-hydrogen) atoms. The number of nitrogens with zero attached hydrogens (tertiary/aromatic N) is 2. The minimum absolute atomic E-state index is 0.107. The van der Waals surface area contributed by atoms with Crippen molar-refractivity contribution < 1.29 is 4.79 Å². The van der Waals surface area contributed by atoms with Gasteiger partial charge >= 0.3 is 0 Å². The number of anilines is 1. The van der Waals surface area contributed by atoms with Gasteiger partial charge in [-0.15, -0.1) is 11.3 Å². The molecule has 0 bridgehead atoms. The molecule has 0 radical (unpaired) electrons. The van der Waals surface area contributed by atoms with Crippen LogP contribution in [-0.4, -0.2) is 17.9 Å². The summed E-state index contributed by atoms with van der Waals surface area (Å²) in [5, 5.41) is 2.66. The number of thiazole rings is 1. The number of hydrogen-bond donors (Lipinski definition) is 0. The number of rotatable bonds is 3. The molecule has 1 aliphatic rings. The Morgan fingerprint density at radius 1 is 1.42 bits per heavy atom. The van der Waals surface area contributed by atoms with E-state index in [2.05, 4.69) is 33.0 Å². The van der Waals surface area contributed by atoms with E-state index in [1.54, 1.807) is 18.1 Å². The largest absolute Gasteiger partial charge is 0.291 e. The maximum Gasteiger partial charge on any atom is 0.232 e. The number of hydrogen-bond acceptors (Lipinski definition) is 3. The Hall–Kier alpha value is -1.20. The molecule has 1 aromatic carbocycles. The highest BCUT2D eigenvalue weighted by atomic mass is 79.9. The fraction of sp³-hybridized carbons (Fsp3) is 0.286. The molecule has 0 unspecified atom stereocenters. The van der Waals surface area contributed by atoms with E-state index >= 15 is 0 Å². The smallest absolute Gasteiger partial charge is 0.232 e. The van der Waals surface area contributed by atoms with Crippen molar-refractivity contribution in [2.24, 2.45) is 5.92 Å². The predicted molar refractivity (Wildman–Crippen MR) is 80.5 cm³/mol. The summed E-state index contributed by atoms with van der Waals surface area (Å²) in [5.41, 5.74) is 1.24. The Morgan fingerprint density at radius 2 is 2.16 bits per heavy atom. The van der Waals surface area contributed by atoms with E-state index in [1.807, 2.05) is 17.5 Å². The molecule has 1 aliphatic carbocycles. The van der Waals surface area contributed by atoms with Gasteiger partial charge in [-0.1, -0.05) is 28.1 Å². The Balaban J connectivity index is 1.69. The van der Waals surface area contributed by atoms with E-state index in [-0.39, 0.29) is 11.8 Å². The zero-order valence-corrected chi connectivity index (χ0v) is 12.8. The average Bonchev–Trinajstić information content (AvgIpc) is 3.02. The molecule has 0 N–H and O–H groups in total. The van der Waals surface area contributed by atoms with Crippen LogP contribution in [0.15, 0.2) is 40.3 Å². The van der Waals surface area contributed by atoms with Gasteiger partial charge in [0.15, 0.2) is 5.13 Å². The third kappa shape index (κ3) is 2.58. The van der Waals surface area contributed by atoms with Crippen molar-refractivity contribution in [3.63, 3.8) is 0 Å². The summed E-state index contributed by atoms with van der Waals surface area (Å²) in [6, 6.07) is 8.23. The van der Waals surface area contributed by atoms with Gasteiger partial charge in [0.2, 0.25) is 5.91 Å². The first-order valence-electron chi connectivity index (χ1n) is 6.09. The third-order valence-electron chi connectivity index (χ3n) is 3.44. The van der Waals surface area contributed by atoms with Crippen molar-refractivity contribution >= 4 is 38.3 Å². The van der Waals surface area contributed by atoms with Gasteiger partial charge in [0.1, 0.15) is 0 Å². The second kappa shape index (κ2) is 5.06. The topological polar surface area (TPSA) is 33.2 Å². The second-order valence-electron chi connectivity index (χ2n) is 4.71. The van der Waals surface area contributed by atoms with Crippen LogP contribution >= 0.6 is 27.3 Å². The van der Waals surface area contributed by atoms with E-state index in [1.165, 1.54) is 16.9 Å². The lowest BCUT2D eigenvalue weighted by atomic mass is 10.1. The first kappa shape index (κ1) is 12.8. The number of carbonyl (C=O) groups is 1. The van der Waals surface area contributed by atoms with Gasteiger partial charge in [0.25, 0.3) is 0 Å². The summed E-state index contributed by atoms with van der Waals surface area (Å²) >= 11 is 4.92. The molecular formula is C14H13BrN2OS. The van der Waals surface area contributed by atoms with Gasteiger partial charge < -0.3 is 0 Å². The van der Waals surface area contributed by atoms with Crippen LogP contribution in [0.5, 0.6) is 0 Å². The van der Waals surface area contributed by atoms with Gasteiger partial charge in [-0.05, 0) is 30.0 Å². The first-order valence-corrected chi connectivity index (χ1v) is 7.76. The van der Waals surface area contributed by atoms with Crippen molar-refractivity contribution in [3.05, 3.63) is 45.9 Å². The molecule has 0 aliphatic heterocycles. The van der Waals surface area contributed by atoms with Crippen molar-refractivity contribution in [2.45, 2.75) is 12.3 Å². The molecule has 1 fully saturated rings. The summed E-state index contributed by atoms with van der Waals surface area (Å²) < 4.78 is 1.07. The predicted octanol–water partition coefficient (Wildman–Crippen LogP) is 3.67. The minimum atomic E-state index is 0.107. The zero-order chi connectivity index (χ0) is 13.4. The van der Waals surface area contributed by atoms with Crippen LogP contribution in [0.25, 0.3) is 0 Å². The van der Waals surface area contributed by atoms with Crippen LogP contribution in [0.2, 0.25) is 0 Å². The summed E-state index contributed by atoms with van der Waals surface area (Å²) in [7, 11) is 1.80. The van der Waals surface area contributed by atoms with E-state index < -0.39 is 0 Å². The lowest BCUT2D eigenvalue weighted by Gasteiger charge is -2.13. The zero-order valence-electron chi connectivity index (χ0n) is 10.4. The van der Waals surface area contributed by atoms with Crippen LogP contribution in [-0.2, 0) is 4.79 Å². The maximum atomic E-state index is 12.3. The summed E-state index contributed by atoms with van der Waals surface area (Å²) in [6.45, 7) is 0. The van der Waals surface area contributed by atoms with Crippen molar-refractivity contribution in [1.29, 1.82) is 0 Å². The molecule has 3 rings (SSSR count). The number of benzene rings is 1. The molecule has 1 heterocycles. The normalized spacial score (nSPS) is 21.2. The highest BCUT2D eigenvalue weighted by Gasteiger charge is 2.45. The highest BCUT2D eigenvalue weighted by Crippen LogP contribution is 2.48. The van der Waals surface area contributed by atoms with E-state index in [9.17, 15) is 4.79 Å². The van der Waals surface area contributed by atoms with Crippen molar-refractivity contribution in [1.82, 2.24) is 4.98 Å². The molecule has 0 saturated heterocycles. The van der Waals surface area contributed by atoms with Gasteiger partial charge in [-0.2, -0.15) is 0 Å². The van der Waals surface area contributed by atoms with Crippen molar-refractivity contribution in [2.75, 3.05) is 11.9 Å². The van der Waals surface area contributed by atoms with Gasteiger partial charge in [0.05, 0.1) is 0 Å². The molecular weight excluding hydrogens is 324 g/mol. The number of halogens is 1. The van der Waals surface area contributed by atoms with Gasteiger partial charge in [0, 0.05) is 29.0 Å². The fourth-order valence-electron chi connectivity index (χ4n) is 2.27. The number of aromatic nitrogens is 1. The third-order valence-corrected chi connectivity index (χ3v) is 4.82. The Labute approximate surface area is 124 Å². The molecule has 5 heteroatoms. The lowest BCUT2D eigenvalue weighted by molar-refractivity contribution is -0.119. The Kier molecular flexibility index (Phi) is 3.41. The molecule has 2 aromatic rings. The Bertz CT molecular complexity index is 582. The van der Waals surface area contributed by atoms with Crippen LogP contribution in [0, 0.1) is 5.92 Å². The average molecular weight is 337 g/mol. The molecule has 3 nitrogen and oxygen atoms in total. The summed E-state index contributed by atoms with van der Waals surface area (Å²) in [6.07, 6.45) is 2.67. The van der Waals surface area contributed by atoms with Crippen LogP contribution in [0.3, 0.4) is 0 Å².